The molecule has 2 heterocycles. The number of benzene rings is 1. The molecule has 2 atom stereocenters. The highest BCUT2D eigenvalue weighted by Gasteiger charge is 2.40. The molecule has 0 spiro atoms. The van der Waals surface area contributed by atoms with Gasteiger partial charge in [0.05, 0.1) is 18.8 Å². The maximum Gasteiger partial charge on any atom is 0.410 e. The van der Waals surface area contributed by atoms with E-state index < -0.39 is 24.2 Å². The predicted octanol–water partition coefficient (Wildman–Crippen LogP) is 6.53. The minimum atomic E-state index is -3.51. The molecule has 1 aromatic carbocycles. The van der Waals surface area contributed by atoms with E-state index in [0.717, 1.165) is 11.0 Å². The van der Waals surface area contributed by atoms with Gasteiger partial charge in [-0.1, -0.05) is 28.1 Å². The molecule has 196 valence electrons. The summed E-state index contributed by atoms with van der Waals surface area (Å²) in [7, 11) is 0. The Labute approximate surface area is 234 Å². The number of hydrogen-bond acceptors (Lipinski definition) is 6. The van der Waals surface area contributed by atoms with Gasteiger partial charge in [-0.2, -0.15) is 8.78 Å². The van der Waals surface area contributed by atoms with Gasteiger partial charge in [0, 0.05) is 31.4 Å². The van der Waals surface area contributed by atoms with E-state index in [2.05, 4.69) is 15.9 Å². The number of aliphatic hydroxyl groups excluding tert-OH is 1. The van der Waals surface area contributed by atoms with Crippen LogP contribution in [0, 0.1) is 3.57 Å². The van der Waals surface area contributed by atoms with Crippen LogP contribution in [-0.2, 0) is 21.8 Å². The zero-order chi connectivity index (χ0) is 26.5. The number of hydrogen-bond donors (Lipinski definition) is 1. The summed E-state index contributed by atoms with van der Waals surface area (Å²) in [5, 5.41) is 10.3. The predicted molar refractivity (Wildman–Crippen MR) is 146 cm³/mol. The van der Waals surface area contributed by atoms with E-state index in [4.69, 9.17) is 9.47 Å². The van der Waals surface area contributed by atoms with E-state index in [0.29, 0.717) is 38.7 Å². The van der Waals surface area contributed by atoms with Crippen LogP contribution in [0.15, 0.2) is 47.0 Å². The molecule has 0 saturated carbocycles. The topological polar surface area (TPSA) is 76.1 Å². The lowest BCUT2D eigenvalue weighted by atomic mass is 10.0. The van der Waals surface area contributed by atoms with Crippen LogP contribution in [-0.4, -0.2) is 53.5 Å². The quantitative estimate of drug-likeness (QED) is 0.174. The third-order valence-electron chi connectivity index (χ3n) is 5.44. The molecule has 1 N–H and O–H groups in total. The molecule has 0 bridgehead atoms. The van der Waals surface area contributed by atoms with E-state index in [9.17, 15) is 23.5 Å². The molecule has 1 aromatic heterocycles. The van der Waals surface area contributed by atoms with Crippen molar-refractivity contribution in [2.75, 3.05) is 13.2 Å². The van der Waals surface area contributed by atoms with Crippen molar-refractivity contribution in [3.05, 3.63) is 65.8 Å². The summed E-state index contributed by atoms with van der Waals surface area (Å²) in [6.07, 6.45) is 1.37. The summed E-state index contributed by atoms with van der Waals surface area (Å²) in [4.78, 5) is 27.4. The number of carbonyl (C=O) groups is 2. The highest BCUT2D eigenvalue weighted by atomic mass is 127. The highest BCUT2D eigenvalue weighted by Crippen LogP contribution is 2.35. The number of aliphatic hydroxyl groups is 1. The molecular weight excluding hydrogens is 671 g/mol. The smallest absolute Gasteiger partial charge is 0.410 e. The standard InChI is InChI=1S/C25H27BrF2INO5S/c1-15(2)35-23(32)21-7-6-20(36-21)4-3-10-30-19(9-11-34-24(30)33)5-8-22(31)25(27,28)16-12-17(26)14-18(29)13-16/h5-8,12-15,19,22,31H,3-4,9-11H2,1-2H3/b8-5+/t19-,22+/m0/s1. The summed E-state index contributed by atoms with van der Waals surface area (Å²) in [5.74, 6) is -3.87. The molecule has 6 nitrogen and oxygen atoms in total. The van der Waals surface area contributed by atoms with Crippen molar-refractivity contribution >= 4 is 61.9 Å². The van der Waals surface area contributed by atoms with E-state index in [1.807, 2.05) is 28.7 Å². The normalized spacial score (nSPS) is 17.5. The second-order valence-corrected chi connectivity index (χ2v) is 11.9. The number of amides is 1. The fraction of sp³-hybridized carbons (Fsp3) is 0.440. The number of esters is 1. The molecule has 1 fully saturated rings. The Morgan fingerprint density at radius 3 is 2.83 bits per heavy atom. The summed E-state index contributed by atoms with van der Waals surface area (Å²) >= 11 is 6.49. The average molecular weight is 698 g/mol. The van der Waals surface area contributed by atoms with Crippen LogP contribution >= 0.6 is 49.9 Å². The lowest BCUT2D eigenvalue weighted by molar-refractivity contribution is -0.0930. The minimum absolute atomic E-state index is 0.174. The fourth-order valence-electron chi connectivity index (χ4n) is 3.69. The molecule has 1 amide bonds. The number of alkyl halides is 2. The summed E-state index contributed by atoms with van der Waals surface area (Å²) in [6, 6.07) is 7.41. The molecule has 1 saturated heterocycles. The van der Waals surface area contributed by atoms with Crippen LogP contribution in [0.25, 0.3) is 0 Å². The van der Waals surface area contributed by atoms with Crippen molar-refractivity contribution in [1.82, 2.24) is 4.90 Å². The summed E-state index contributed by atoms with van der Waals surface area (Å²) in [6.45, 7) is 4.09. The van der Waals surface area contributed by atoms with Gasteiger partial charge in [0.25, 0.3) is 0 Å². The molecule has 2 aromatic rings. The number of aryl methyl sites for hydroxylation is 1. The van der Waals surface area contributed by atoms with Gasteiger partial charge >= 0.3 is 18.0 Å². The van der Waals surface area contributed by atoms with Gasteiger partial charge in [-0.15, -0.1) is 11.3 Å². The number of thiophene rings is 1. The van der Waals surface area contributed by atoms with E-state index in [1.54, 1.807) is 26.0 Å². The Balaban J connectivity index is 1.61. The molecule has 0 aliphatic carbocycles. The van der Waals surface area contributed by atoms with Crippen molar-refractivity contribution in [2.24, 2.45) is 0 Å². The largest absolute Gasteiger partial charge is 0.459 e. The average Bonchev–Trinajstić information content (AvgIpc) is 3.27. The maximum absolute atomic E-state index is 14.9. The lowest BCUT2D eigenvalue weighted by Crippen LogP contribution is -2.45. The highest BCUT2D eigenvalue weighted by molar-refractivity contribution is 14.1. The molecule has 3 rings (SSSR count). The SMILES string of the molecule is CC(C)OC(=O)c1ccc(CCCN2C(=O)OCC[C@@H]2/C=C/[C@@H](O)C(F)(F)c2cc(Br)cc(I)c2)s1. The number of carbonyl (C=O) groups excluding carboxylic acids is 2. The number of rotatable bonds is 10. The second kappa shape index (κ2) is 12.8. The van der Waals surface area contributed by atoms with Crippen LogP contribution in [0.2, 0.25) is 0 Å². The molecule has 36 heavy (non-hydrogen) atoms. The van der Waals surface area contributed by atoms with E-state index >= 15 is 0 Å². The van der Waals surface area contributed by atoms with Crippen molar-refractivity contribution in [1.29, 1.82) is 0 Å². The minimum Gasteiger partial charge on any atom is -0.459 e. The second-order valence-electron chi connectivity index (χ2n) is 8.60. The Kier molecular flexibility index (Phi) is 10.3. The number of ether oxygens (including phenoxy) is 2. The Morgan fingerprint density at radius 1 is 1.39 bits per heavy atom. The molecule has 0 radical (unpaired) electrons. The lowest BCUT2D eigenvalue weighted by Gasteiger charge is -2.33. The van der Waals surface area contributed by atoms with Gasteiger partial charge in [-0.25, -0.2) is 9.59 Å². The van der Waals surface area contributed by atoms with Crippen LogP contribution in [0.1, 0.15) is 46.8 Å². The Bertz CT molecular complexity index is 1090. The third kappa shape index (κ3) is 7.72. The summed E-state index contributed by atoms with van der Waals surface area (Å²) in [5.41, 5.74) is -0.300. The van der Waals surface area contributed by atoms with Crippen molar-refractivity contribution in [2.45, 2.75) is 57.3 Å². The molecular formula is C25H27BrF2INO5S. The molecule has 0 unspecified atom stereocenters. The van der Waals surface area contributed by atoms with Gasteiger partial charge in [-0.3, -0.25) is 0 Å². The first-order valence-electron chi connectivity index (χ1n) is 11.4. The van der Waals surface area contributed by atoms with E-state index in [-0.39, 0.29) is 24.2 Å². The molecule has 11 heteroatoms. The van der Waals surface area contributed by atoms with Gasteiger partial charge < -0.3 is 19.5 Å². The third-order valence-corrected chi connectivity index (χ3v) is 7.64. The first-order chi connectivity index (χ1) is 17.0. The van der Waals surface area contributed by atoms with Crippen molar-refractivity contribution < 1.29 is 33.0 Å². The molecule has 1 aliphatic rings. The first kappa shape index (κ1) is 29.0. The molecule has 1 aliphatic heterocycles. The maximum atomic E-state index is 14.9. The number of nitrogens with zero attached hydrogens (tertiary/aromatic N) is 1. The van der Waals surface area contributed by atoms with Crippen molar-refractivity contribution in [3.8, 4) is 0 Å². The Hall–Kier alpha value is -1.57. The zero-order valence-corrected chi connectivity index (χ0v) is 24.3. The van der Waals surface area contributed by atoms with Crippen LogP contribution in [0.5, 0.6) is 0 Å². The zero-order valence-electron chi connectivity index (χ0n) is 19.8. The number of cyclic esters (lactones) is 1. The Morgan fingerprint density at radius 2 is 2.14 bits per heavy atom. The summed E-state index contributed by atoms with van der Waals surface area (Å²) < 4.78 is 41.2. The van der Waals surface area contributed by atoms with Crippen molar-refractivity contribution in [3.63, 3.8) is 0 Å². The van der Waals surface area contributed by atoms with Gasteiger partial charge in [0.1, 0.15) is 11.0 Å². The van der Waals surface area contributed by atoms with E-state index in [1.165, 1.54) is 34.4 Å². The monoisotopic (exact) mass is 697 g/mol. The van der Waals surface area contributed by atoms with Gasteiger partial charge in [-0.05, 0) is 79.6 Å². The fourth-order valence-corrected chi connectivity index (χ4v) is 6.21. The van der Waals surface area contributed by atoms with Crippen LogP contribution in [0.3, 0.4) is 0 Å². The van der Waals surface area contributed by atoms with Crippen LogP contribution < -0.4 is 0 Å². The van der Waals surface area contributed by atoms with Gasteiger partial charge in [0.15, 0.2) is 0 Å². The van der Waals surface area contributed by atoms with Crippen LogP contribution in [0.4, 0.5) is 13.6 Å². The number of halogens is 4. The van der Waals surface area contributed by atoms with Gasteiger partial charge in [0.2, 0.25) is 0 Å². The first-order valence-corrected chi connectivity index (χ1v) is 14.1.